The van der Waals surface area contributed by atoms with Crippen molar-refractivity contribution in [3.8, 4) is 5.75 Å². The molecule has 0 unspecified atom stereocenters. The number of nitrogens with one attached hydrogen (secondary N) is 1. The molecular formula is C12H13ClN4O2. The number of ether oxygens (including phenoxy) is 1. The third-order valence-electron chi connectivity index (χ3n) is 2.42. The van der Waals surface area contributed by atoms with E-state index in [2.05, 4.69) is 5.10 Å². The lowest BCUT2D eigenvalue weighted by Gasteiger charge is -2.06. The summed E-state index contributed by atoms with van der Waals surface area (Å²) in [6.45, 7) is 2.13. The number of nitrogens with two attached hydrogens (primary N) is 1. The van der Waals surface area contributed by atoms with E-state index < -0.39 is 5.91 Å². The molecular weight excluding hydrogens is 268 g/mol. The number of amides is 1. The topological polar surface area (TPSA) is 82.2 Å². The molecule has 1 heterocycles. The van der Waals surface area contributed by atoms with Crippen LogP contribution in [0, 0.1) is 6.92 Å². The second-order valence-electron chi connectivity index (χ2n) is 3.93. The zero-order valence-electron chi connectivity index (χ0n) is 10.3. The summed E-state index contributed by atoms with van der Waals surface area (Å²) in [5.74, 6) is 5.20. The van der Waals surface area contributed by atoms with E-state index in [1.165, 1.54) is 10.9 Å². The Hall–Kier alpha value is -2.05. The monoisotopic (exact) mass is 280 g/mol. The van der Waals surface area contributed by atoms with Gasteiger partial charge in [-0.05, 0) is 24.6 Å². The Bertz CT molecular complexity index is 597. The fourth-order valence-corrected chi connectivity index (χ4v) is 1.77. The molecule has 0 aliphatic heterocycles. The van der Waals surface area contributed by atoms with Gasteiger partial charge >= 0.3 is 0 Å². The summed E-state index contributed by atoms with van der Waals surface area (Å²) in [6.07, 6.45) is 1.50. The highest BCUT2D eigenvalue weighted by atomic mass is 35.5. The van der Waals surface area contributed by atoms with Crippen LogP contribution in [0.3, 0.4) is 0 Å². The maximum absolute atomic E-state index is 11.3. The number of carbonyl (C=O) groups is 1. The van der Waals surface area contributed by atoms with Crippen molar-refractivity contribution < 1.29 is 9.53 Å². The molecule has 1 aromatic heterocycles. The van der Waals surface area contributed by atoms with Crippen LogP contribution in [0.4, 0.5) is 0 Å². The van der Waals surface area contributed by atoms with E-state index >= 15 is 0 Å². The highest BCUT2D eigenvalue weighted by Crippen LogP contribution is 2.16. The molecule has 3 N–H and O–H groups in total. The maximum Gasteiger partial charge on any atom is 0.287 e. The van der Waals surface area contributed by atoms with Crippen molar-refractivity contribution in [3.63, 3.8) is 0 Å². The van der Waals surface area contributed by atoms with Crippen LogP contribution in [0.2, 0.25) is 5.02 Å². The van der Waals surface area contributed by atoms with Gasteiger partial charge in [-0.3, -0.25) is 10.2 Å². The number of halogens is 1. The molecule has 1 aromatic carbocycles. The van der Waals surface area contributed by atoms with Crippen molar-refractivity contribution in [2.75, 3.05) is 0 Å². The standard InChI is InChI=1S/C12H13ClN4O2/c1-8-3-2-4-9(5-8)19-7-17-6-10(13)11(16-17)12(18)15-14/h2-6H,7,14H2,1H3,(H,15,18). The Morgan fingerprint density at radius 2 is 2.37 bits per heavy atom. The van der Waals surface area contributed by atoms with Crippen LogP contribution in [0.15, 0.2) is 30.5 Å². The summed E-state index contributed by atoms with van der Waals surface area (Å²) >= 11 is 5.87. The highest BCUT2D eigenvalue weighted by Gasteiger charge is 2.14. The molecule has 0 radical (unpaired) electrons. The molecule has 0 aliphatic rings. The lowest BCUT2D eigenvalue weighted by Crippen LogP contribution is -2.30. The molecule has 0 bridgehead atoms. The van der Waals surface area contributed by atoms with Crippen LogP contribution in [-0.2, 0) is 6.73 Å². The first-order chi connectivity index (χ1) is 9.10. The van der Waals surface area contributed by atoms with Crippen LogP contribution >= 0.6 is 11.6 Å². The van der Waals surface area contributed by atoms with E-state index in [-0.39, 0.29) is 17.4 Å². The zero-order valence-corrected chi connectivity index (χ0v) is 11.0. The van der Waals surface area contributed by atoms with Crippen LogP contribution in [0.25, 0.3) is 0 Å². The number of carbonyl (C=O) groups excluding carboxylic acids is 1. The molecule has 6 nitrogen and oxygen atoms in total. The molecule has 0 atom stereocenters. The number of aromatic nitrogens is 2. The van der Waals surface area contributed by atoms with E-state index in [9.17, 15) is 4.79 Å². The van der Waals surface area contributed by atoms with Gasteiger partial charge in [0.2, 0.25) is 0 Å². The molecule has 100 valence electrons. The number of hydrazine groups is 1. The summed E-state index contributed by atoms with van der Waals surface area (Å²) in [4.78, 5) is 11.3. The van der Waals surface area contributed by atoms with E-state index in [0.29, 0.717) is 0 Å². The largest absolute Gasteiger partial charge is 0.471 e. The van der Waals surface area contributed by atoms with Crippen molar-refractivity contribution in [2.45, 2.75) is 13.7 Å². The molecule has 1 amide bonds. The number of aryl methyl sites for hydroxylation is 1. The number of benzene rings is 1. The summed E-state index contributed by atoms with van der Waals surface area (Å²) in [5.41, 5.74) is 3.14. The first-order valence-corrected chi connectivity index (χ1v) is 5.91. The van der Waals surface area contributed by atoms with Crippen molar-refractivity contribution in [2.24, 2.45) is 5.84 Å². The Labute approximate surface area is 115 Å². The fraction of sp³-hybridized carbons (Fsp3) is 0.167. The summed E-state index contributed by atoms with van der Waals surface area (Å²) < 4.78 is 6.96. The van der Waals surface area contributed by atoms with Crippen LogP contribution in [0.5, 0.6) is 5.75 Å². The fourth-order valence-electron chi connectivity index (χ4n) is 1.53. The van der Waals surface area contributed by atoms with E-state index in [4.69, 9.17) is 22.2 Å². The van der Waals surface area contributed by atoms with Gasteiger partial charge in [0.1, 0.15) is 5.75 Å². The molecule has 0 aliphatic carbocycles. The third kappa shape index (κ3) is 3.24. The summed E-state index contributed by atoms with van der Waals surface area (Å²) in [5, 5.41) is 4.20. The van der Waals surface area contributed by atoms with Crippen molar-refractivity contribution in [3.05, 3.63) is 46.7 Å². The lowest BCUT2D eigenvalue weighted by atomic mass is 10.2. The molecule has 0 spiro atoms. The normalized spacial score (nSPS) is 10.3. The van der Waals surface area contributed by atoms with Gasteiger partial charge in [0.25, 0.3) is 5.91 Å². The molecule has 0 saturated carbocycles. The van der Waals surface area contributed by atoms with Crippen LogP contribution in [0.1, 0.15) is 16.1 Å². The third-order valence-corrected chi connectivity index (χ3v) is 2.69. The number of hydrogen-bond donors (Lipinski definition) is 2. The van der Waals surface area contributed by atoms with Crippen molar-refractivity contribution in [1.29, 1.82) is 0 Å². The highest BCUT2D eigenvalue weighted by molar-refractivity contribution is 6.33. The summed E-state index contributed by atoms with van der Waals surface area (Å²) in [6, 6.07) is 7.61. The van der Waals surface area contributed by atoms with Gasteiger partial charge in [-0.2, -0.15) is 5.10 Å². The molecule has 2 rings (SSSR count). The number of hydrogen-bond acceptors (Lipinski definition) is 4. The van der Waals surface area contributed by atoms with E-state index in [1.54, 1.807) is 0 Å². The SMILES string of the molecule is Cc1cccc(OCn2cc(Cl)c(C(=O)NN)n2)c1. The van der Waals surface area contributed by atoms with Crippen LogP contribution < -0.4 is 16.0 Å². The van der Waals surface area contributed by atoms with Gasteiger partial charge in [0.05, 0.1) is 5.02 Å². The van der Waals surface area contributed by atoms with Gasteiger partial charge < -0.3 is 4.74 Å². The van der Waals surface area contributed by atoms with Crippen molar-refractivity contribution >= 4 is 17.5 Å². The van der Waals surface area contributed by atoms with E-state index in [0.717, 1.165) is 11.3 Å². The first-order valence-electron chi connectivity index (χ1n) is 5.53. The number of rotatable bonds is 4. The molecule has 0 saturated heterocycles. The molecule has 2 aromatic rings. The molecule has 19 heavy (non-hydrogen) atoms. The van der Waals surface area contributed by atoms with Gasteiger partial charge in [-0.25, -0.2) is 10.5 Å². The van der Waals surface area contributed by atoms with Gasteiger partial charge in [-0.15, -0.1) is 0 Å². The minimum absolute atomic E-state index is 0.0667. The van der Waals surface area contributed by atoms with Gasteiger partial charge in [0, 0.05) is 6.20 Å². The average molecular weight is 281 g/mol. The van der Waals surface area contributed by atoms with Crippen molar-refractivity contribution in [1.82, 2.24) is 15.2 Å². The number of nitrogen functional groups attached to an aromatic ring is 1. The average Bonchev–Trinajstić information content (AvgIpc) is 2.77. The zero-order chi connectivity index (χ0) is 13.8. The Morgan fingerprint density at radius 1 is 1.58 bits per heavy atom. The Balaban J connectivity index is 2.06. The lowest BCUT2D eigenvalue weighted by molar-refractivity contribution is 0.0946. The van der Waals surface area contributed by atoms with Crippen LogP contribution in [-0.4, -0.2) is 15.7 Å². The predicted octanol–water partition coefficient (Wildman–Crippen LogP) is 1.48. The summed E-state index contributed by atoms with van der Waals surface area (Å²) in [7, 11) is 0. The quantitative estimate of drug-likeness (QED) is 0.505. The second-order valence-corrected chi connectivity index (χ2v) is 4.34. The molecule has 0 fully saturated rings. The minimum Gasteiger partial charge on any atom is -0.471 e. The van der Waals surface area contributed by atoms with Gasteiger partial charge in [0.15, 0.2) is 12.4 Å². The Kier molecular flexibility index (Phi) is 4.03. The van der Waals surface area contributed by atoms with Gasteiger partial charge in [-0.1, -0.05) is 23.7 Å². The molecule has 7 heteroatoms. The van der Waals surface area contributed by atoms with E-state index in [1.807, 2.05) is 36.6 Å². The Morgan fingerprint density at radius 3 is 3.05 bits per heavy atom. The smallest absolute Gasteiger partial charge is 0.287 e. The second kappa shape index (κ2) is 5.73. The number of nitrogens with zero attached hydrogens (tertiary/aromatic N) is 2. The maximum atomic E-state index is 11.3. The predicted molar refractivity (Wildman–Crippen MR) is 70.7 cm³/mol. The minimum atomic E-state index is -0.542. The first kappa shape index (κ1) is 13.4.